The standard InChI is InChI=1S/C9H16O/c1-5-3-7(10)4-8-6(2)9(5)8/h5-10H,3-4H2,1-2H3/t5?,6?,7?,8-,9?/m1/s1. The van der Waals surface area contributed by atoms with E-state index in [-0.39, 0.29) is 6.10 Å². The minimum Gasteiger partial charge on any atom is -0.393 e. The molecule has 0 aromatic carbocycles. The summed E-state index contributed by atoms with van der Waals surface area (Å²) < 4.78 is 0. The second kappa shape index (κ2) is 1.97. The Balaban J connectivity index is 2.03. The summed E-state index contributed by atoms with van der Waals surface area (Å²) in [5.74, 6) is 3.53. The van der Waals surface area contributed by atoms with Crippen molar-refractivity contribution in [1.29, 1.82) is 0 Å². The van der Waals surface area contributed by atoms with Gasteiger partial charge in [-0.15, -0.1) is 0 Å². The molecule has 0 amide bonds. The van der Waals surface area contributed by atoms with Crippen LogP contribution in [0.3, 0.4) is 0 Å². The van der Waals surface area contributed by atoms with Crippen molar-refractivity contribution >= 4 is 0 Å². The summed E-state index contributed by atoms with van der Waals surface area (Å²) in [7, 11) is 0. The van der Waals surface area contributed by atoms with Crippen molar-refractivity contribution in [3.63, 3.8) is 0 Å². The molecule has 2 saturated carbocycles. The van der Waals surface area contributed by atoms with Crippen LogP contribution in [0.15, 0.2) is 0 Å². The fraction of sp³-hybridized carbons (Fsp3) is 1.00. The Morgan fingerprint density at radius 1 is 1.20 bits per heavy atom. The molecule has 2 fully saturated rings. The second-order valence-corrected chi connectivity index (χ2v) is 4.20. The van der Waals surface area contributed by atoms with Crippen LogP contribution in [0, 0.1) is 23.7 Å². The molecule has 5 atom stereocenters. The van der Waals surface area contributed by atoms with Crippen LogP contribution in [-0.4, -0.2) is 11.2 Å². The predicted molar refractivity (Wildman–Crippen MR) is 40.5 cm³/mol. The highest BCUT2D eigenvalue weighted by Gasteiger charge is 2.52. The van der Waals surface area contributed by atoms with Crippen molar-refractivity contribution in [1.82, 2.24) is 0 Å². The highest BCUT2D eigenvalue weighted by atomic mass is 16.3. The van der Waals surface area contributed by atoms with Gasteiger partial charge in [-0.25, -0.2) is 0 Å². The van der Waals surface area contributed by atoms with Gasteiger partial charge in [0.15, 0.2) is 0 Å². The third-order valence-corrected chi connectivity index (χ3v) is 3.48. The van der Waals surface area contributed by atoms with Crippen LogP contribution in [0.5, 0.6) is 0 Å². The highest BCUT2D eigenvalue weighted by molar-refractivity contribution is 5.01. The van der Waals surface area contributed by atoms with Gasteiger partial charge in [0.2, 0.25) is 0 Å². The first-order valence-corrected chi connectivity index (χ1v) is 4.38. The Labute approximate surface area is 62.4 Å². The molecule has 58 valence electrons. The Bertz CT molecular complexity index is 136. The van der Waals surface area contributed by atoms with Crippen molar-refractivity contribution in [2.75, 3.05) is 0 Å². The van der Waals surface area contributed by atoms with Crippen molar-refractivity contribution in [2.24, 2.45) is 23.7 Å². The fourth-order valence-corrected chi connectivity index (χ4v) is 2.89. The lowest BCUT2D eigenvalue weighted by Gasteiger charge is -2.21. The zero-order valence-electron chi connectivity index (χ0n) is 6.75. The van der Waals surface area contributed by atoms with Crippen LogP contribution < -0.4 is 0 Å². The van der Waals surface area contributed by atoms with E-state index in [1.807, 2.05) is 0 Å². The maximum absolute atomic E-state index is 9.39. The van der Waals surface area contributed by atoms with Crippen LogP contribution in [0.1, 0.15) is 26.7 Å². The minimum atomic E-state index is 0.0150. The summed E-state index contributed by atoms with van der Waals surface area (Å²) in [5.41, 5.74) is 0. The predicted octanol–water partition coefficient (Wildman–Crippen LogP) is 1.66. The Morgan fingerprint density at radius 2 is 1.90 bits per heavy atom. The number of rotatable bonds is 0. The maximum Gasteiger partial charge on any atom is 0.0545 e. The lowest BCUT2D eigenvalue weighted by Crippen LogP contribution is -2.19. The molecule has 0 aliphatic heterocycles. The lowest BCUT2D eigenvalue weighted by atomic mass is 9.89. The van der Waals surface area contributed by atoms with Crippen molar-refractivity contribution < 1.29 is 5.11 Å². The van der Waals surface area contributed by atoms with E-state index >= 15 is 0 Å². The van der Waals surface area contributed by atoms with Crippen LogP contribution in [-0.2, 0) is 0 Å². The molecular formula is C9H16O. The van der Waals surface area contributed by atoms with E-state index in [2.05, 4.69) is 13.8 Å². The normalized spacial score (nSPS) is 59.7. The highest BCUT2D eigenvalue weighted by Crippen LogP contribution is 2.57. The quantitative estimate of drug-likeness (QED) is 0.542. The molecule has 1 nitrogen and oxygen atoms in total. The van der Waals surface area contributed by atoms with E-state index in [0.29, 0.717) is 0 Å². The fourth-order valence-electron chi connectivity index (χ4n) is 2.89. The largest absolute Gasteiger partial charge is 0.393 e. The van der Waals surface area contributed by atoms with Gasteiger partial charge in [0.1, 0.15) is 0 Å². The molecule has 0 saturated heterocycles. The molecule has 0 aromatic heterocycles. The van der Waals surface area contributed by atoms with Gasteiger partial charge in [0.05, 0.1) is 6.10 Å². The van der Waals surface area contributed by atoms with E-state index in [0.717, 1.165) is 36.5 Å². The first-order chi connectivity index (χ1) is 4.70. The Kier molecular flexibility index (Phi) is 1.31. The smallest absolute Gasteiger partial charge is 0.0545 e. The molecule has 0 bridgehead atoms. The third kappa shape index (κ3) is 0.800. The van der Waals surface area contributed by atoms with E-state index in [1.54, 1.807) is 0 Å². The number of aliphatic hydroxyl groups excluding tert-OH is 1. The first-order valence-electron chi connectivity index (χ1n) is 4.38. The Morgan fingerprint density at radius 3 is 2.50 bits per heavy atom. The molecule has 2 rings (SSSR count). The van der Waals surface area contributed by atoms with Gasteiger partial charge in [-0.05, 0) is 36.5 Å². The molecule has 4 unspecified atom stereocenters. The van der Waals surface area contributed by atoms with E-state index in [9.17, 15) is 5.11 Å². The van der Waals surface area contributed by atoms with Gasteiger partial charge in [0, 0.05) is 0 Å². The van der Waals surface area contributed by atoms with Crippen LogP contribution >= 0.6 is 0 Å². The maximum atomic E-state index is 9.39. The average molecular weight is 140 g/mol. The SMILES string of the molecule is CC1CC(O)C[C@@H]2C(C)C12. The number of hydrogen-bond donors (Lipinski definition) is 1. The molecule has 1 N–H and O–H groups in total. The van der Waals surface area contributed by atoms with Crippen LogP contribution in [0.25, 0.3) is 0 Å². The number of aliphatic hydroxyl groups is 1. The van der Waals surface area contributed by atoms with Gasteiger partial charge >= 0.3 is 0 Å². The number of fused-ring (bicyclic) bond motifs is 1. The van der Waals surface area contributed by atoms with E-state index in [1.165, 1.54) is 0 Å². The monoisotopic (exact) mass is 140 g/mol. The molecule has 2 aliphatic carbocycles. The summed E-state index contributed by atoms with van der Waals surface area (Å²) in [5, 5.41) is 9.39. The molecule has 0 heterocycles. The summed E-state index contributed by atoms with van der Waals surface area (Å²) >= 11 is 0. The molecule has 10 heavy (non-hydrogen) atoms. The number of hydrogen-bond acceptors (Lipinski definition) is 1. The van der Waals surface area contributed by atoms with Crippen molar-refractivity contribution in [2.45, 2.75) is 32.8 Å². The minimum absolute atomic E-state index is 0.0150. The summed E-state index contributed by atoms with van der Waals surface area (Å²) in [6.07, 6.45) is 2.14. The van der Waals surface area contributed by atoms with Gasteiger partial charge < -0.3 is 5.11 Å². The summed E-state index contributed by atoms with van der Waals surface area (Å²) in [6.45, 7) is 4.60. The molecule has 0 radical (unpaired) electrons. The topological polar surface area (TPSA) is 20.2 Å². The summed E-state index contributed by atoms with van der Waals surface area (Å²) in [4.78, 5) is 0. The van der Waals surface area contributed by atoms with Gasteiger partial charge in [-0.2, -0.15) is 0 Å². The zero-order chi connectivity index (χ0) is 7.30. The molecule has 2 aliphatic rings. The third-order valence-electron chi connectivity index (χ3n) is 3.48. The molecule has 0 spiro atoms. The van der Waals surface area contributed by atoms with Crippen molar-refractivity contribution in [3.8, 4) is 0 Å². The van der Waals surface area contributed by atoms with Gasteiger partial charge in [-0.1, -0.05) is 13.8 Å². The van der Waals surface area contributed by atoms with Crippen molar-refractivity contribution in [3.05, 3.63) is 0 Å². The van der Waals surface area contributed by atoms with Crippen LogP contribution in [0.2, 0.25) is 0 Å². The molecule has 1 heteroatoms. The Hall–Kier alpha value is -0.0400. The van der Waals surface area contributed by atoms with E-state index in [4.69, 9.17) is 0 Å². The summed E-state index contributed by atoms with van der Waals surface area (Å²) in [6, 6.07) is 0. The average Bonchev–Trinajstić information content (AvgIpc) is 2.42. The molecular weight excluding hydrogens is 124 g/mol. The first kappa shape index (κ1) is 6.66. The van der Waals surface area contributed by atoms with E-state index < -0.39 is 0 Å². The second-order valence-electron chi connectivity index (χ2n) is 4.20. The van der Waals surface area contributed by atoms with Gasteiger partial charge in [0.25, 0.3) is 0 Å². The zero-order valence-corrected chi connectivity index (χ0v) is 6.75. The van der Waals surface area contributed by atoms with Crippen LogP contribution in [0.4, 0.5) is 0 Å². The van der Waals surface area contributed by atoms with Gasteiger partial charge in [-0.3, -0.25) is 0 Å². The molecule has 0 aromatic rings. The lowest BCUT2D eigenvalue weighted by molar-refractivity contribution is 0.101.